The van der Waals surface area contributed by atoms with Crippen molar-refractivity contribution in [1.29, 1.82) is 0 Å². The highest BCUT2D eigenvalue weighted by Gasteiger charge is 2.08. The predicted octanol–water partition coefficient (Wildman–Crippen LogP) is 2.12. The molecule has 0 heterocycles. The second kappa shape index (κ2) is 4.88. The van der Waals surface area contributed by atoms with Gasteiger partial charge >= 0.3 is 5.97 Å². The number of hydrogen-bond donors (Lipinski definition) is 0. The van der Waals surface area contributed by atoms with Crippen LogP contribution >= 0.6 is 0 Å². The Morgan fingerprint density at radius 2 is 2.29 bits per heavy atom. The number of terminal acetylenes is 1. The molecule has 0 aliphatic rings. The van der Waals surface area contributed by atoms with Crippen molar-refractivity contribution in [3.05, 3.63) is 42.0 Å². The van der Waals surface area contributed by atoms with Crippen LogP contribution in [0.1, 0.15) is 15.9 Å². The SMILES string of the molecule is C#CCOC(=O)c1ccccc1C=C. The molecule has 0 fully saturated rings. The Bertz CT molecular complexity index is 386. The van der Waals surface area contributed by atoms with Gasteiger partial charge in [-0.3, -0.25) is 0 Å². The Labute approximate surface area is 83.2 Å². The van der Waals surface area contributed by atoms with Gasteiger partial charge in [0.05, 0.1) is 5.56 Å². The summed E-state index contributed by atoms with van der Waals surface area (Å²) >= 11 is 0. The molecule has 1 rings (SSSR count). The molecule has 0 atom stereocenters. The van der Waals surface area contributed by atoms with Gasteiger partial charge in [-0.15, -0.1) is 6.42 Å². The fraction of sp³-hybridized carbons (Fsp3) is 0.0833. The Morgan fingerprint density at radius 3 is 2.93 bits per heavy atom. The van der Waals surface area contributed by atoms with Gasteiger partial charge in [-0.2, -0.15) is 0 Å². The fourth-order valence-corrected chi connectivity index (χ4v) is 1.05. The maximum absolute atomic E-state index is 11.4. The van der Waals surface area contributed by atoms with Crippen molar-refractivity contribution in [2.45, 2.75) is 0 Å². The molecule has 14 heavy (non-hydrogen) atoms. The molecule has 0 N–H and O–H groups in total. The van der Waals surface area contributed by atoms with E-state index in [2.05, 4.69) is 12.5 Å². The molecule has 0 radical (unpaired) electrons. The van der Waals surface area contributed by atoms with Crippen molar-refractivity contribution in [1.82, 2.24) is 0 Å². The third-order valence-corrected chi connectivity index (χ3v) is 1.69. The van der Waals surface area contributed by atoms with E-state index in [1.54, 1.807) is 24.3 Å². The first-order chi connectivity index (χ1) is 6.79. The van der Waals surface area contributed by atoms with Gasteiger partial charge in [-0.05, 0) is 11.6 Å². The fourth-order valence-electron chi connectivity index (χ4n) is 1.05. The largest absolute Gasteiger partial charge is 0.449 e. The Balaban J connectivity index is 2.89. The number of benzene rings is 1. The predicted molar refractivity (Wildman–Crippen MR) is 55.6 cm³/mol. The average molecular weight is 186 g/mol. The second-order valence-corrected chi connectivity index (χ2v) is 2.57. The Morgan fingerprint density at radius 1 is 1.57 bits per heavy atom. The number of carbonyl (C=O) groups excluding carboxylic acids is 1. The molecule has 0 unspecified atom stereocenters. The van der Waals surface area contributed by atoms with Crippen molar-refractivity contribution < 1.29 is 9.53 Å². The molecule has 0 aliphatic heterocycles. The molecule has 70 valence electrons. The Kier molecular flexibility index (Phi) is 3.51. The topological polar surface area (TPSA) is 26.3 Å². The highest BCUT2D eigenvalue weighted by atomic mass is 16.5. The summed E-state index contributed by atoms with van der Waals surface area (Å²) in [4.78, 5) is 11.4. The summed E-state index contributed by atoms with van der Waals surface area (Å²) in [6, 6.07) is 7.06. The van der Waals surface area contributed by atoms with E-state index in [0.29, 0.717) is 5.56 Å². The third-order valence-electron chi connectivity index (χ3n) is 1.69. The van der Waals surface area contributed by atoms with Gasteiger partial charge < -0.3 is 4.74 Å². The summed E-state index contributed by atoms with van der Waals surface area (Å²) in [7, 11) is 0. The molecule has 0 saturated carbocycles. The van der Waals surface area contributed by atoms with Crippen LogP contribution in [0, 0.1) is 12.3 Å². The summed E-state index contributed by atoms with van der Waals surface area (Å²) in [5.74, 6) is 1.82. The molecular weight excluding hydrogens is 176 g/mol. The van der Waals surface area contributed by atoms with Crippen LogP contribution in [0.5, 0.6) is 0 Å². The highest BCUT2D eigenvalue weighted by Crippen LogP contribution is 2.10. The van der Waals surface area contributed by atoms with Crippen molar-refractivity contribution in [2.24, 2.45) is 0 Å². The maximum Gasteiger partial charge on any atom is 0.339 e. The van der Waals surface area contributed by atoms with E-state index in [4.69, 9.17) is 11.2 Å². The van der Waals surface area contributed by atoms with E-state index in [9.17, 15) is 4.79 Å². The summed E-state index contributed by atoms with van der Waals surface area (Å²) in [5.41, 5.74) is 1.23. The summed E-state index contributed by atoms with van der Waals surface area (Å²) in [6.07, 6.45) is 6.58. The van der Waals surface area contributed by atoms with Crippen molar-refractivity contribution in [3.8, 4) is 12.3 Å². The van der Waals surface area contributed by atoms with E-state index in [1.165, 1.54) is 0 Å². The van der Waals surface area contributed by atoms with E-state index in [1.807, 2.05) is 6.07 Å². The van der Waals surface area contributed by atoms with Gasteiger partial charge in [-0.1, -0.05) is 36.8 Å². The van der Waals surface area contributed by atoms with Gasteiger partial charge in [0.2, 0.25) is 0 Å². The van der Waals surface area contributed by atoms with Crippen LogP contribution in [0.15, 0.2) is 30.8 Å². The zero-order chi connectivity index (χ0) is 10.4. The molecule has 1 aromatic carbocycles. The number of esters is 1. The van der Waals surface area contributed by atoms with Gasteiger partial charge in [0.15, 0.2) is 6.61 Å². The molecule has 0 bridgehead atoms. The first-order valence-electron chi connectivity index (χ1n) is 4.11. The van der Waals surface area contributed by atoms with Crippen LogP contribution in [0.2, 0.25) is 0 Å². The third kappa shape index (κ3) is 2.24. The second-order valence-electron chi connectivity index (χ2n) is 2.57. The number of rotatable bonds is 3. The lowest BCUT2D eigenvalue weighted by Crippen LogP contribution is -2.06. The van der Waals surface area contributed by atoms with Crippen LogP contribution in [0.3, 0.4) is 0 Å². The molecular formula is C12H10O2. The number of hydrogen-bond acceptors (Lipinski definition) is 2. The molecule has 0 aromatic heterocycles. The summed E-state index contributed by atoms with van der Waals surface area (Å²) in [5, 5.41) is 0. The van der Waals surface area contributed by atoms with Crippen LogP contribution in [0.25, 0.3) is 6.08 Å². The first-order valence-corrected chi connectivity index (χ1v) is 4.11. The summed E-state index contributed by atoms with van der Waals surface area (Å²) in [6.45, 7) is 3.60. The van der Waals surface area contributed by atoms with Gasteiger partial charge in [0.1, 0.15) is 0 Å². The highest BCUT2D eigenvalue weighted by molar-refractivity contribution is 5.93. The van der Waals surface area contributed by atoms with E-state index in [-0.39, 0.29) is 6.61 Å². The number of ether oxygens (including phenoxy) is 1. The lowest BCUT2D eigenvalue weighted by Gasteiger charge is -2.03. The smallest absolute Gasteiger partial charge is 0.339 e. The maximum atomic E-state index is 11.4. The zero-order valence-corrected chi connectivity index (χ0v) is 7.69. The molecule has 0 aliphatic carbocycles. The normalized spacial score (nSPS) is 8.79. The van der Waals surface area contributed by atoms with E-state index < -0.39 is 5.97 Å². The van der Waals surface area contributed by atoms with Gasteiger partial charge in [0.25, 0.3) is 0 Å². The van der Waals surface area contributed by atoms with Crippen LogP contribution in [-0.2, 0) is 4.74 Å². The molecule has 0 saturated heterocycles. The van der Waals surface area contributed by atoms with Crippen molar-refractivity contribution in [2.75, 3.05) is 6.61 Å². The lowest BCUT2D eigenvalue weighted by molar-refractivity contribution is 0.0556. The standard InChI is InChI=1S/C12H10O2/c1-3-9-14-12(13)11-8-6-5-7-10(11)4-2/h1,4-8H,2,9H2. The molecule has 2 heteroatoms. The quantitative estimate of drug-likeness (QED) is 0.534. The minimum absolute atomic E-state index is 0.00961. The van der Waals surface area contributed by atoms with Gasteiger partial charge in [0, 0.05) is 0 Å². The zero-order valence-electron chi connectivity index (χ0n) is 7.69. The van der Waals surface area contributed by atoms with Crippen molar-refractivity contribution in [3.63, 3.8) is 0 Å². The Hall–Kier alpha value is -2.01. The molecule has 0 spiro atoms. The molecule has 1 aromatic rings. The average Bonchev–Trinajstić information content (AvgIpc) is 2.25. The first kappa shape index (κ1) is 10.1. The monoisotopic (exact) mass is 186 g/mol. The number of carbonyl (C=O) groups is 1. The summed E-state index contributed by atoms with van der Waals surface area (Å²) < 4.78 is 4.80. The van der Waals surface area contributed by atoms with Crippen molar-refractivity contribution >= 4 is 12.0 Å². The van der Waals surface area contributed by atoms with Crippen LogP contribution in [-0.4, -0.2) is 12.6 Å². The van der Waals surface area contributed by atoms with Gasteiger partial charge in [-0.25, -0.2) is 4.79 Å². The van der Waals surface area contributed by atoms with E-state index >= 15 is 0 Å². The van der Waals surface area contributed by atoms with Crippen LogP contribution in [0.4, 0.5) is 0 Å². The molecule has 2 nitrogen and oxygen atoms in total. The minimum atomic E-state index is -0.418. The minimum Gasteiger partial charge on any atom is -0.449 e. The lowest BCUT2D eigenvalue weighted by atomic mass is 10.1. The molecule has 0 amide bonds. The van der Waals surface area contributed by atoms with Crippen LogP contribution < -0.4 is 0 Å². The van der Waals surface area contributed by atoms with E-state index in [0.717, 1.165) is 5.56 Å².